The van der Waals surface area contributed by atoms with Crippen molar-refractivity contribution in [1.82, 2.24) is 0 Å². The van der Waals surface area contributed by atoms with Crippen LogP contribution in [0.2, 0.25) is 0 Å². The Kier molecular flexibility index (Phi) is 6.06. The van der Waals surface area contributed by atoms with Crippen LogP contribution < -0.4 is 10.1 Å². The van der Waals surface area contributed by atoms with Gasteiger partial charge in [-0.2, -0.15) is 0 Å². The van der Waals surface area contributed by atoms with Gasteiger partial charge in [-0.05, 0) is 50.2 Å². The molecule has 0 saturated carbocycles. The van der Waals surface area contributed by atoms with E-state index in [-0.39, 0.29) is 30.3 Å². The van der Waals surface area contributed by atoms with Crippen molar-refractivity contribution in [3.8, 4) is 5.75 Å². The lowest BCUT2D eigenvalue weighted by Gasteiger charge is -2.09. The Morgan fingerprint density at radius 2 is 1.68 bits per heavy atom. The van der Waals surface area contributed by atoms with Gasteiger partial charge in [0.25, 0.3) is 0 Å². The van der Waals surface area contributed by atoms with Gasteiger partial charge in [0.15, 0.2) is 11.6 Å². The van der Waals surface area contributed by atoms with E-state index in [1.54, 1.807) is 36.4 Å². The van der Waals surface area contributed by atoms with Crippen molar-refractivity contribution in [2.45, 2.75) is 26.7 Å². The van der Waals surface area contributed by atoms with Gasteiger partial charge >= 0.3 is 0 Å². The maximum atomic E-state index is 12.4. The van der Waals surface area contributed by atoms with Gasteiger partial charge in [0, 0.05) is 24.1 Å². The number of hydrogen-bond donors (Lipinski definition) is 1. The second kappa shape index (κ2) is 8.24. The van der Waals surface area contributed by atoms with Gasteiger partial charge in [-0.25, -0.2) is 0 Å². The van der Waals surface area contributed by atoms with Crippen LogP contribution in [-0.4, -0.2) is 24.6 Å². The summed E-state index contributed by atoms with van der Waals surface area (Å²) in [6.07, 6.45) is 0.168. The molecule has 0 aliphatic carbocycles. The Bertz CT molecular complexity index is 794. The Labute approximate surface area is 147 Å². The first-order valence-electron chi connectivity index (χ1n) is 7.99. The summed E-state index contributed by atoms with van der Waals surface area (Å²) in [5, 5.41) is 2.72. The van der Waals surface area contributed by atoms with E-state index in [0.717, 1.165) is 5.56 Å². The lowest BCUT2D eigenvalue weighted by molar-refractivity contribution is -0.116. The molecule has 0 heterocycles. The molecule has 25 heavy (non-hydrogen) atoms. The first-order chi connectivity index (χ1) is 11.9. The fourth-order valence-electron chi connectivity index (χ4n) is 2.41. The minimum Gasteiger partial charge on any atom is -0.496 e. The predicted molar refractivity (Wildman–Crippen MR) is 96.4 cm³/mol. The number of Topliss-reactive ketones (excluding diaryl/α,β-unsaturated/α-hetero) is 2. The summed E-state index contributed by atoms with van der Waals surface area (Å²) < 4.78 is 5.21. The minimum atomic E-state index is -0.254. The van der Waals surface area contributed by atoms with E-state index in [1.807, 2.05) is 13.0 Å². The van der Waals surface area contributed by atoms with Crippen molar-refractivity contribution < 1.29 is 19.1 Å². The fourth-order valence-corrected chi connectivity index (χ4v) is 2.41. The topological polar surface area (TPSA) is 72.5 Å². The van der Waals surface area contributed by atoms with Crippen molar-refractivity contribution in [2.75, 3.05) is 12.4 Å². The quantitative estimate of drug-likeness (QED) is 0.779. The molecule has 2 aromatic rings. The molecule has 0 atom stereocenters. The lowest BCUT2D eigenvalue weighted by Crippen LogP contribution is -2.14. The summed E-state index contributed by atoms with van der Waals surface area (Å²) in [5.41, 5.74) is 2.62. The van der Waals surface area contributed by atoms with E-state index in [2.05, 4.69) is 5.32 Å². The number of hydrogen-bond acceptors (Lipinski definition) is 4. The maximum Gasteiger partial charge on any atom is 0.224 e. The van der Waals surface area contributed by atoms with Crippen molar-refractivity contribution in [3.05, 3.63) is 59.2 Å². The van der Waals surface area contributed by atoms with Gasteiger partial charge < -0.3 is 10.1 Å². The van der Waals surface area contributed by atoms with E-state index in [0.29, 0.717) is 22.6 Å². The van der Waals surface area contributed by atoms with Crippen LogP contribution in [0.3, 0.4) is 0 Å². The van der Waals surface area contributed by atoms with Crippen molar-refractivity contribution >= 4 is 23.2 Å². The van der Waals surface area contributed by atoms with Gasteiger partial charge in [-0.3, -0.25) is 14.4 Å². The first-order valence-corrected chi connectivity index (χ1v) is 7.99. The number of benzene rings is 2. The molecule has 0 aliphatic heterocycles. The molecule has 2 aromatic carbocycles. The SMILES string of the molecule is COc1ccc(C)cc1C(=O)CCC(=O)Nc1ccc(C(C)=O)cc1. The molecule has 0 bridgehead atoms. The lowest BCUT2D eigenvalue weighted by atomic mass is 10.0. The van der Waals surface area contributed by atoms with E-state index in [1.165, 1.54) is 14.0 Å². The maximum absolute atomic E-state index is 12.4. The summed E-state index contributed by atoms with van der Waals surface area (Å²) in [6.45, 7) is 3.38. The highest BCUT2D eigenvalue weighted by Crippen LogP contribution is 2.22. The molecule has 130 valence electrons. The van der Waals surface area contributed by atoms with Gasteiger partial charge in [-0.15, -0.1) is 0 Å². The van der Waals surface area contributed by atoms with Crippen LogP contribution in [0, 0.1) is 6.92 Å². The third kappa shape index (κ3) is 5.01. The highest BCUT2D eigenvalue weighted by atomic mass is 16.5. The molecule has 0 unspecified atom stereocenters. The Morgan fingerprint density at radius 3 is 2.28 bits per heavy atom. The van der Waals surface area contributed by atoms with Crippen LogP contribution in [0.5, 0.6) is 5.75 Å². The van der Waals surface area contributed by atoms with Gasteiger partial charge in [0.2, 0.25) is 5.91 Å². The minimum absolute atomic E-state index is 0.0319. The summed E-state index contributed by atoms with van der Waals surface area (Å²) in [4.78, 5) is 35.6. The number of ketones is 2. The summed E-state index contributed by atoms with van der Waals surface area (Å²) >= 11 is 0. The zero-order valence-electron chi connectivity index (χ0n) is 14.6. The largest absolute Gasteiger partial charge is 0.496 e. The van der Waals surface area contributed by atoms with Gasteiger partial charge in [-0.1, -0.05) is 11.6 Å². The number of ether oxygens (including phenoxy) is 1. The molecule has 5 nitrogen and oxygen atoms in total. The fraction of sp³-hybridized carbons (Fsp3) is 0.250. The third-order valence-electron chi connectivity index (χ3n) is 3.81. The molecular weight excluding hydrogens is 318 g/mol. The van der Waals surface area contributed by atoms with Gasteiger partial charge in [0.1, 0.15) is 5.75 Å². The zero-order chi connectivity index (χ0) is 18.4. The normalized spacial score (nSPS) is 10.2. The Morgan fingerprint density at radius 1 is 1.00 bits per heavy atom. The molecule has 2 rings (SSSR count). The second-order valence-corrected chi connectivity index (χ2v) is 5.81. The van der Waals surface area contributed by atoms with Crippen LogP contribution in [0.25, 0.3) is 0 Å². The number of aryl methyl sites for hydroxylation is 1. The number of amides is 1. The van der Waals surface area contributed by atoms with E-state index in [9.17, 15) is 14.4 Å². The summed E-state index contributed by atoms with van der Waals surface area (Å²) in [5.74, 6) is 0.0876. The van der Waals surface area contributed by atoms with E-state index in [4.69, 9.17) is 4.74 Å². The number of methoxy groups -OCH3 is 1. The van der Waals surface area contributed by atoms with Crippen LogP contribution in [0.1, 0.15) is 46.0 Å². The predicted octanol–water partition coefficient (Wildman–Crippen LogP) is 3.81. The third-order valence-corrected chi connectivity index (χ3v) is 3.81. The molecule has 0 radical (unpaired) electrons. The number of carbonyl (C=O) groups excluding carboxylic acids is 3. The zero-order valence-corrected chi connectivity index (χ0v) is 14.6. The molecule has 0 aliphatic rings. The van der Waals surface area contributed by atoms with Crippen LogP contribution in [0.4, 0.5) is 5.69 Å². The van der Waals surface area contributed by atoms with E-state index >= 15 is 0 Å². The monoisotopic (exact) mass is 339 g/mol. The van der Waals surface area contributed by atoms with E-state index < -0.39 is 0 Å². The van der Waals surface area contributed by atoms with Crippen molar-refractivity contribution in [1.29, 1.82) is 0 Å². The molecular formula is C20H21NO4. The standard InChI is InChI=1S/C20H21NO4/c1-13-4-10-19(25-3)17(12-13)18(23)9-11-20(24)21-16-7-5-15(6-8-16)14(2)22/h4-8,10,12H,9,11H2,1-3H3,(H,21,24). The van der Waals surface area contributed by atoms with Crippen LogP contribution >= 0.6 is 0 Å². The number of rotatable bonds is 7. The molecule has 0 spiro atoms. The highest BCUT2D eigenvalue weighted by molar-refractivity contribution is 6.02. The number of anilines is 1. The molecule has 1 N–H and O–H groups in total. The second-order valence-electron chi connectivity index (χ2n) is 5.81. The molecule has 0 aromatic heterocycles. The first kappa shape index (κ1) is 18.4. The van der Waals surface area contributed by atoms with Crippen molar-refractivity contribution in [2.24, 2.45) is 0 Å². The van der Waals surface area contributed by atoms with Crippen LogP contribution in [0.15, 0.2) is 42.5 Å². The van der Waals surface area contributed by atoms with Crippen molar-refractivity contribution in [3.63, 3.8) is 0 Å². The molecule has 1 amide bonds. The summed E-state index contributed by atoms with van der Waals surface area (Å²) in [6, 6.07) is 12.0. The number of carbonyl (C=O) groups is 3. The average Bonchev–Trinajstić information content (AvgIpc) is 2.60. The highest BCUT2D eigenvalue weighted by Gasteiger charge is 2.14. The molecule has 0 fully saturated rings. The molecule has 5 heteroatoms. The van der Waals surface area contributed by atoms with Crippen LogP contribution in [-0.2, 0) is 4.79 Å². The smallest absolute Gasteiger partial charge is 0.224 e. The summed E-state index contributed by atoms with van der Waals surface area (Å²) in [7, 11) is 1.51. The molecule has 0 saturated heterocycles. The number of nitrogens with one attached hydrogen (secondary N) is 1. The average molecular weight is 339 g/mol. The Hall–Kier alpha value is -2.95. The van der Waals surface area contributed by atoms with Gasteiger partial charge in [0.05, 0.1) is 12.7 Å². The Balaban J connectivity index is 1.94.